The molecule has 0 aliphatic heterocycles. The Bertz CT molecular complexity index is 932. The van der Waals surface area contributed by atoms with Crippen LogP contribution >= 0.6 is 11.6 Å². The molecule has 0 unspecified atom stereocenters. The summed E-state index contributed by atoms with van der Waals surface area (Å²) in [5, 5.41) is 0.435. The summed E-state index contributed by atoms with van der Waals surface area (Å²) in [7, 11) is 0. The first-order valence-electron chi connectivity index (χ1n) is 7.66. The molecule has 0 aliphatic carbocycles. The molecule has 0 fully saturated rings. The Kier molecular flexibility index (Phi) is 5.46. The number of carbonyl (C=O) groups is 2. The van der Waals surface area contributed by atoms with Crippen LogP contribution in [0.2, 0.25) is 5.02 Å². The van der Waals surface area contributed by atoms with Crippen LogP contribution in [0.1, 0.15) is 20.7 Å². The standard InChI is InChI=1S/C19H14ClN3O3/c20-15-5-1-3-13(11-15)18(24)22-23-19(25)14-4-2-6-17(12-14)26-16-7-9-21-10-8-16/h1-12H,(H,22,24)(H,23,25). The second-order valence-electron chi connectivity index (χ2n) is 5.23. The molecule has 6 nitrogen and oxygen atoms in total. The largest absolute Gasteiger partial charge is 0.457 e. The predicted octanol–water partition coefficient (Wildman–Crippen LogP) is 3.60. The van der Waals surface area contributed by atoms with E-state index in [4.69, 9.17) is 16.3 Å². The Morgan fingerprint density at radius 1 is 0.808 bits per heavy atom. The van der Waals surface area contributed by atoms with Crippen LogP contribution < -0.4 is 15.6 Å². The van der Waals surface area contributed by atoms with E-state index >= 15 is 0 Å². The zero-order valence-corrected chi connectivity index (χ0v) is 14.2. The van der Waals surface area contributed by atoms with E-state index in [1.807, 2.05) is 0 Å². The van der Waals surface area contributed by atoms with Gasteiger partial charge in [-0.25, -0.2) is 0 Å². The van der Waals surface area contributed by atoms with E-state index in [1.165, 1.54) is 6.07 Å². The van der Waals surface area contributed by atoms with Crippen LogP contribution in [0, 0.1) is 0 Å². The van der Waals surface area contributed by atoms with Gasteiger partial charge in [0.1, 0.15) is 11.5 Å². The number of aromatic nitrogens is 1. The molecule has 2 amide bonds. The highest BCUT2D eigenvalue weighted by molar-refractivity contribution is 6.30. The summed E-state index contributed by atoms with van der Waals surface area (Å²) in [6.45, 7) is 0. The Hall–Kier alpha value is -3.38. The Balaban J connectivity index is 1.63. The highest BCUT2D eigenvalue weighted by Crippen LogP contribution is 2.21. The van der Waals surface area contributed by atoms with Gasteiger partial charge in [0.15, 0.2) is 0 Å². The monoisotopic (exact) mass is 367 g/mol. The van der Waals surface area contributed by atoms with Crippen LogP contribution in [0.15, 0.2) is 73.1 Å². The smallest absolute Gasteiger partial charge is 0.269 e. The predicted molar refractivity (Wildman–Crippen MR) is 97.1 cm³/mol. The Morgan fingerprint density at radius 3 is 2.08 bits per heavy atom. The van der Waals surface area contributed by atoms with Crippen molar-refractivity contribution < 1.29 is 14.3 Å². The average Bonchev–Trinajstić information content (AvgIpc) is 2.67. The molecule has 0 atom stereocenters. The van der Waals surface area contributed by atoms with Crippen LogP contribution in [0.25, 0.3) is 0 Å². The summed E-state index contributed by atoms with van der Waals surface area (Å²) < 4.78 is 5.66. The number of hydrogen-bond donors (Lipinski definition) is 2. The van der Waals surface area contributed by atoms with Crippen molar-refractivity contribution in [2.75, 3.05) is 0 Å². The molecule has 2 N–H and O–H groups in total. The second-order valence-corrected chi connectivity index (χ2v) is 5.67. The molecule has 1 heterocycles. The zero-order chi connectivity index (χ0) is 18.4. The van der Waals surface area contributed by atoms with Crippen molar-refractivity contribution in [1.82, 2.24) is 15.8 Å². The van der Waals surface area contributed by atoms with Gasteiger partial charge in [0.05, 0.1) is 0 Å². The average molecular weight is 368 g/mol. The maximum absolute atomic E-state index is 12.2. The van der Waals surface area contributed by atoms with Gasteiger partial charge in [0, 0.05) is 28.5 Å². The molecule has 0 saturated carbocycles. The molecule has 0 radical (unpaired) electrons. The van der Waals surface area contributed by atoms with E-state index in [0.29, 0.717) is 27.6 Å². The molecule has 26 heavy (non-hydrogen) atoms. The fourth-order valence-corrected chi connectivity index (χ4v) is 2.32. The summed E-state index contributed by atoms with van der Waals surface area (Å²) in [5.74, 6) is 0.155. The highest BCUT2D eigenvalue weighted by Gasteiger charge is 2.10. The summed E-state index contributed by atoms with van der Waals surface area (Å²) in [6, 6.07) is 16.4. The van der Waals surface area contributed by atoms with Crippen molar-refractivity contribution in [2.45, 2.75) is 0 Å². The molecule has 0 aliphatic rings. The van der Waals surface area contributed by atoms with Crippen molar-refractivity contribution in [2.24, 2.45) is 0 Å². The van der Waals surface area contributed by atoms with Gasteiger partial charge < -0.3 is 4.74 Å². The lowest BCUT2D eigenvalue weighted by Gasteiger charge is -2.09. The van der Waals surface area contributed by atoms with E-state index in [1.54, 1.807) is 67.0 Å². The molecule has 2 aromatic carbocycles. The van der Waals surface area contributed by atoms with Gasteiger partial charge in [0.25, 0.3) is 11.8 Å². The number of ether oxygens (including phenoxy) is 1. The number of benzene rings is 2. The summed E-state index contributed by atoms with van der Waals surface area (Å²) >= 11 is 5.85. The third-order valence-corrected chi connectivity index (χ3v) is 3.59. The number of halogens is 1. The quantitative estimate of drug-likeness (QED) is 0.690. The van der Waals surface area contributed by atoms with E-state index < -0.39 is 11.8 Å². The van der Waals surface area contributed by atoms with Gasteiger partial charge in [-0.15, -0.1) is 0 Å². The van der Waals surface area contributed by atoms with Crippen molar-refractivity contribution >= 4 is 23.4 Å². The molecule has 130 valence electrons. The van der Waals surface area contributed by atoms with Crippen LogP contribution in [-0.4, -0.2) is 16.8 Å². The van der Waals surface area contributed by atoms with Gasteiger partial charge in [-0.3, -0.25) is 25.4 Å². The molecule has 0 saturated heterocycles. The van der Waals surface area contributed by atoms with E-state index in [2.05, 4.69) is 15.8 Å². The Labute approximate surface area is 154 Å². The minimum absolute atomic E-state index is 0.336. The number of hydrazine groups is 1. The Morgan fingerprint density at radius 2 is 1.42 bits per heavy atom. The zero-order valence-electron chi connectivity index (χ0n) is 13.5. The van der Waals surface area contributed by atoms with Gasteiger partial charge >= 0.3 is 0 Å². The molecule has 0 bridgehead atoms. The van der Waals surface area contributed by atoms with Gasteiger partial charge in [-0.1, -0.05) is 23.7 Å². The number of hydrogen-bond acceptors (Lipinski definition) is 4. The lowest BCUT2D eigenvalue weighted by molar-refractivity contribution is 0.0846. The van der Waals surface area contributed by atoms with E-state index in [0.717, 1.165) is 0 Å². The fraction of sp³-hybridized carbons (Fsp3) is 0. The SMILES string of the molecule is O=C(NNC(=O)c1cccc(Oc2ccncc2)c1)c1cccc(Cl)c1. The summed E-state index contributed by atoms with van der Waals surface area (Å²) in [6.07, 6.45) is 3.22. The topological polar surface area (TPSA) is 80.3 Å². The number of nitrogens with one attached hydrogen (secondary N) is 2. The first kappa shape index (κ1) is 17.4. The summed E-state index contributed by atoms with van der Waals surface area (Å²) in [5.41, 5.74) is 5.38. The number of rotatable bonds is 4. The van der Waals surface area contributed by atoms with Crippen molar-refractivity contribution in [1.29, 1.82) is 0 Å². The lowest BCUT2D eigenvalue weighted by atomic mass is 10.2. The molecule has 0 spiro atoms. The van der Waals surface area contributed by atoms with Gasteiger partial charge in [-0.05, 0) is 48.5 Å². The highest BCUT2D eigenvalue weighted by atomic mass is 35.5. The summed E-state index contributed by atoms with van der Waals surface area (Å²) in [4.78, 5) is 28.2. The molecular formula is C19H14ClN3O3. The molecule has 3 rings (SSSR count). The maximum atomic E-state index is 12.2. The number of pyridine rings is 1. The van der Waals surface area contributed by atoms with Gasteiger partial charge in [0.2, 0.25) is 0 Å². The first-order chi connectivity index (χ1) is 12.6. The lowest BCUT2D eigenvalue weighted by Crippen LogP contribution is -2.41. The van der Waals surface area contributed by atoms with Gasteiger partial charge in [-0.2, -0.15) is 0 Å². The van der Waals surface area contributed by atoms with Crippen molar-refractivity contribution in [3.8, 4) is 11.5 Å². The third-order valence-electron chi connectivity index (χ3n) is 3.36. The number of amides is 2. The van der Waals surface area contributed by atoms with E-state index in [9.17, 15) is 9.59 Å². The van der Waals surface area contributed by atoms with Crippen LogP contribution in [0.3, 0.4) is 0 Å². The second kappa shape index (κ2) is 8.13. The fourth-order valence-electron chi connectivity index (χ4n) is 2.13. The maximum Gasteiger partial charge on any atom is 0.269 e. The first-order valence-corrected chi connectivity index (χ1v) is 8.04. The molecule has 3 aromatic rings. The minimum Gasteiger partial charge on any atom is -0.457 e. The molecular weight excluding hydrogens is 354 g/mol. The van der Waals surface area contributed by atoms with Crippen molar-refractivity contribution in [3.63, 3.8) is 0 Å². The third kappa shape index (κ3) is 4.58. The number of carbonyl (C=O) groups excluding carboxylic acids is 2. The van der Waals surface area contributed by atoms with Crippen LogP contribution in [-0.2, 0) is 0 Å². The molecule has 1 aromatic heterocycles. The molecule has 7 heteroatoms. The van der Waals surface area contributed by atoms with E-state index in [-0.39, 0.29) is 0 Å². The van der Waals surface area contributed by atoms with Crippen molar-refractivity contribution in [3.05, 3.63) is 89.2 Å². The normalized spacial score (nSPS) is 10.0. The minimum atomic E-state index is -0.472. The number of nitrogens with zero attached hydrogens (tertiary/aromatic N) is 1. The van der Waals surface area contributed by atoms with Crippen LogP contribution in [0.4, 0.5) is 0 Å². The van der Waals surface area contributed by atoms with Crippen LogP contribution in [0.5, 0.6) is 11.5 Å².